The van der Waals surface area contributed by atoms with Crippen LogP contribution in [-0.2, 0) is 5.54 Å². The summed E-state index contributed by atoms with van der Waals surface area (Å²) in [5.74, 6) is 0.973. The van der Waals surface area contributed by atoms with E-state index in [1.807, 2.05) is 0 Å². The second kappa shape index (κ2) is 8.89. The summed E-state index contributed by atoms with van der Waals surface area (Å²) in [4.78, 5) is 7.35. The van der Waals surface area contributed by atoms with E-state index in [1.165, 1.54) is 60.5 Å². The van der Waals surface area contributed by atoms with Crippen LogP contribution in [0, 0.1) is 0 Å². The number of fused-ring (bicyclic) bond motifs is 11. The van der Waals surface area contributed by atoms with Crippen molar-refractivity contribution in [3.63, 3.8) is 0 Å². The van der Waals surface area contributed by atoms with Crippen molar-refractivity contribution in [2.45, 2.75) is 19.4 Å². The van der Waals surface area contributed by atoms with Crippen molar-refractivity contribution in [3.8, 4) is 17.1 Å². The van der Waals surface area contributed by atoms with E-state index in [1.54, 1.807) is 0 Å². The lowest BCUT2D eigenvalue weighted by Crippen LogP contribution is -2.44. The van der Waals surface area contributed by atoms with Crippen LogP contribution in [0.4, 0.5) is 5.95 Å². The fourth-order valence-corrected chi connectivity index (χ4v) is 7.82. The molecule has 0 N–H and O–H groups in total. The van der Waals surface area contributed by atoms with Crippen LogP contribution in [-0.4, -0.2) is 25.7 Å². The Bertz CT molecular complexity index is 2690. The first kappa shape index (κ1) is 25.5. The van der Waals surface area contributed by atoms with Gasteiger partial charge in [-0.1, -0.05) is 66.7 Å². The van der Waals surface area contributed by atoms with Gasteiger partial charge in [-0.3, -0.25) is 4.57 Å². The van der Waals surface area contributed by atoms with Crippen molar-refractivity contribution in [2.24, 2.45) is 0 Å². The minimum atomic E-state index is -0.266. The first-order valence-electron chi connectivity index (χ1n) is 15.9. The molecule has 5 nitrogen and oxygen atoms in total. The molecule has 0 aliphatic carbocycles. The molecule has 0 spiro atoms. The van der Waals surface area contributed by atoms with E-state index in [9.17, 15) is 0 Å². The Morgan fingerprint density at radius 2 is 1.04 bits per heavy atom. The molecule has 0 bridgehead atoms. The highest BCUT2D eigenvalue weighted by molar-refractivity contribution is 6.19. The van der Waals surface area contributed by atoms with E-state index in [2.05, 4.69) is 173 Å². The average Bonchev–Trinajstić information content (AvgIpc) is 3.74. The highest BCUT2D eigenvalue weighted by Crippen LogP contribution is 2.45. The highest BCUT2D eigenvalue weighted by atomic mass is 15.4. The summed E-state index contributed by atoms with van der Waals surface area (Å²) in [7, 11) is 2.16. The van der Waals surface area contributed by atoms with Crippen LogP contribution in [0.3, 0.4) is 0 Å². The third kappa shape index (κ3) is 3.21. The third-order valence-corrected chi connectivity index (χ3v) is 10.3. The van der Waals surface area contributed by atoms with E-state index >= 15 is 0 Å². The molecule has 0 atom stereocenters. The topological polar surface area (TPSA) is 30.9 Å². The number of benzene rings is 6. The van der Waals surface area contributed by atoms with Crippen LogP contribution in [0.5, 0.6) is 0 Å². The van der Waals surface area contributed by atoms with Gasteiger partial charge in [0.15, 0.2) is 0 Å². The molecule has 6 aromatic carbocycles. The van der Waals surface area contributed by atoms with Crippen molar-refractivity contribution in [3.05, 3.63) is 139 Å². The molecule has 3 aromatic heterocycles. The van der Waals surface area contributed by atoms with Crippen molar-refractivity contribution in [2.75, 3.05) is 11.9 Å². The van der Waals surface area contributed by atoms with Crippen LogP contribution in [0.25, 0.3) is 71.7 Å². The molecule has 0 fully saturated rings. The Morgan fingerprint density at radius 1 is 0.478 bits per heavy atom. The van der Waals surface area contributed by atoms with Gasteiger partial charge in [-0.15, -0.1) is 0 Å². The molecular formula is C41H31N5. The lowest BCUT2D eigenvalue weighted by molar-refractivity contribution is 0.486. The summed E-state index contributed by atoms with van der Waals surface area (Å²) < 4.78 is 7.17. The van der Waals surface area contributed by atoms with Crippen LogP contribution < -0.4 is 4.90 Å². The van der Waals surface area contributed by atoms with Gasteiger partial charge in [-0.2, -0.15) is 0 Å². The van der Waals surface area contributed by atoms with Crippen molar-refractivity contribution >= 4 is 60.6 Å². The molecule has 0 unspecified atom stereocenters. The molecule has 0 saturated heterocycles. The molecule has 46 heavy (non-hydrogen) atoms. The second-order valence-corrected chi connectivity index (χ2v) is 13.0. The maximum Gasteiger partial charge on any atom is 0.211 e. The number of imidazole rings is 1. The van der Waals surface area contributed by atoms with Gasteiger partial charge in [-0.25, -0.2) is 4.98 Å². The standard InChI is InChI=1S/C41H31N5/c1-41(2)32-23-27(21-22-36(32)46-37-20-12-9-17-33(37)42-40(46)43(41)3)45-35-19-11-8-16-29(35)31-24-38-30(25-39(31)45)28-15-7-10-18-34(28)44(38)26-13-5-4-6-14-26/h4-25H,1-3H3. The number of aromatic nitrogens is 4. The first-order valence-corrected chi connectivity index (χ1v) is 15.9. The quantitative estimate of drug-likeness (QED) is 0.200. The lowest BCUT2D eigenvalue weighted by Gasteiger charge is -2.42. The summed E-state index contributed by atoms with van der Waals surface area (Å²) in [5, 5.41) is 5.01. The lowest BCUT2D eigenvalue weighted by atomic mass is 9.89. The number of rotatable bonds is 2. The second-order valence-electron chi connectivity index (χ2n) is 13.0. The number of hydrogen-bond acceptors (Lipinski definition) is 2. The SMILES string of the molecule is CN1c2nc3ccccc3n2-c2ccc(-n3c4ccccc4c4cc5c(cc43)c3ccccc3n5-c3ccccc3)cc2C1(C)C. The van der Waals surface area contributed by atoms with E-state index < -0.39 is 0 Å². The number of nitrogens with zero attached hydrogens (tertiary/aromatic N) is 5. The summed E-state index contributed by atoms with van der Waals surface area (Å²) in [6.45, 7) is 4.60. The van der Waals surface area contributed by atoms with E-state index in [0.29, 0.717) is 0 Å². The van der Waals surface area contributed by atoms with Gasteiger partial charge in [0.2, 0.25) is 5.95 Å². The first-order chi connectivity index (χ1) is 22.5. The Labute approximate surface area is 266 Å². The average molecular weight is 594 g/mol. The summed E-state index contributed by atoms with van der Waals surface area (Å²) in [6.07, 6.45) is 0. The molecule has 1 aliphatic rings. The largest absolute Gasteiger partial charge is 0.336 e. The van der Waals surface area contributed by atoms with Crippen molar-refractivity contribution < 1.29 is 0 Å². The molecule has 9 aromatic rings. The van der Waals surface area contributed by atoms with Crippen LogP contribution in [0.1, 0.15) is 19.4 Å². The van der Waals surface area contributed by atoms with Crippen molar-refractivity contribution in [1.82, 2.24) is 18.7 Å². The molecule has 0 amide bonds. The normalized spacial score (nSPS) is 14.1. The predicted molar refractivity (Wildman–Crippen MR) is 191 cm³/mol. The summed E-state index contributed by atoms with van der Waals surface area (Å²) >= 11 is 0. The minimum absolute atomic E-state index is 0.266. The van der Waals surface area contributed by atoms with Gasteiger partial charge >= 0.3 is 0 Å². The van der Waals surface area contributed by atoms with E-state index in [-0.39, 0.29) is 5.54 Å². The van der Waals surface area contributed by atoms with Gasteiger partial charge in [0, 0.05) is 45.5 Å². The Balaban J connectivity index is 1.29. The van der Waals surface area contributed by atoms with Crippen LogP contribution in [0.2, 0.25) is 0 Å². The smallest absolute Gasteiger partial charge is 0.211 e. The Kier molecular flexibility index (Phi) is 4.93. The van der Waals surface area contributed by atoms with Gasteiger partial charge < -0.3 is 14.0 Å². The van der Waals surface area contributed by atoms with Crippen molar-refractivity contribution in [1.29, 1.82) is 0 Å². The zero-order valence-electron chi connectivity index (χ0n) is 25.9. The number of hydrogen-bond donors (Lipinski definition) is 0. The molecule has 220 valence electrons. The zero-order chi connectivity index (χ0) is 30.7. The monoisotopic (exact) mass is 593 g/mol. The third-order valence-electron chi connectivity index (χ3n) is 10.3. The minimum Gasteiger partial charge on any atom is -0.336 e. The highest BCUT2D eigenvalue weighted by Gasteiger charge is 2.37. The maximum absolute atomic E-state index is 5.04. The molecule has 1 aliphatic heterocycles. The summed E-state index contributed by atoms with van der Waals surface area (Å²) in [6, 6.07) is 48.5. The van der Waals surface area contributed by atoms with Gasteiger partial charge in [0.05, 0.1) is 44.3 Å². The number of anilines is 1. The summed E-state index contributed by atoms with van der Waals surface area (Å²) in [5.41, 5.74) is 11.5. The molecule has 5 heteroatoms. The fourth-order valence-electron chi connectivity index (χ4n) is 7.82. The van der Waals surface area contributed by atoms with Crippen LogP contribution >= 0.6 is 0 Å². The van der Waals surface area contributed by atoms with Crippen LogP contribution in [0.15, 0.2) is 133 Å². The molecule has 4 heterocycles. The van der Waals surface area contributed by atoms with Gasteiger partial charge in [0.1, 0.15) is 0 Å². The molecular weight excluding hydrogens is 562 g/mol. The fraction of sp³-hybridized carbons (Fsp3) is 0.0976. The van der Waals surface area contributed by atoms with E-state index in [4.69, 9.17) is 4.98 Å². The Morgan fingerprint density at radius 3 is 1.72 bits per heavy atom. The van der Waals surface area contributed by atoms with Gasteiger partial charge in [0.25, 0.3) is 0 Å². The molecule has 0 radical (unpaired) electrons. The predicted octanol–water partition coefficient (Wildman–Crippen LogP) is 9.90. The van der Waals surface area contributed by atoms with E-state index in [0.717, 1.165) is 22.7 Å². The maximum atomic E-state index is 5.04. The van der Waals surface area contributed by atoms with Gasteiger partial charge in [-0.05, 0) is 80.6 Å². The Hall–Kier alpha value is -5.81. The number of para-hydroxylation sites is 5. The zero-order valence-corrected chi connectivity index (χ0v) is 25.9. The molecule has 10 rings (SSSR count). The molecule has 0 saturated carbocycles.